The highest BCUT2D eigenvalue weighted by Gasteiger charge is 2.20. The SMILES string of the molecule is CCNC(Cc1nc(C(C)(C)C)cs1)c1cnc(C)cn1. The maximum absolute atomic E-state index is 4.78. The molecule has 0 bridgehead atoms. The lowest BCUT2D eigenvalue weighted by Crippen LogP contribution is -2.24. The van der Waals surface area contributed by atoms with E-state index < -0.39 is 0 Å². The average Bonchev–Trinajstić information content (AvgIpc) is 2.88. The summed E-state index contributed by atoms with van der Waals surface area (Å²) in [5, 5.41) is 6.79. The van der Waals surface area contributed by atoms with Gasteiger partial charge in [-0.1, -0.05) is 27.7 Å². The van der Waals surface area contributed by atoms with Crippen molar-refractivity contribution in [2.75, 3.05) is 6.54 Å². The summed E-state index contributed by atoms with van der Waals surface area (Å²) in [7, 11) is 0. The van der Waals surface area contributed by atoms with Gasteiger partial charge in [0.15, 0.2) is 0 Å². The number of nitrogens with one attached hydrogen (secondary N) is 1. The molecule has 2 aromatic heterocycles. The van der Waals surface area contributed by atoms with Gasteiger partial charge in [-0.3, -0.25) is 9.97 Å². The van der Waals surface area contributed by atoms with Gasteiger partial charge in [0.05, 0.1) is 34.3 Å². The average molecular weight is 304 g/mol. The van der Waals surface area contributed by atoms with Crippen molar-refractivity contribution < 1.29 is 0 Å². The quantitative estimate of drug-likeness (QED) is 0.919. The van der Waals surface area contributed by atoms with Crippen LogP contribution in [0, 0.1) is 6.92 Å². The zero-order valence-electron chi connectivity index (χ0n) is 13.5. The largest absolute Gasteiger partial charge is 0.309 e. The Morgan fingerprint density at radius 3 is 2.52 bits per heavy atom. The maximum atomic E-state index is 4.78. The number of aromatic nitrogens is 3. The van der Waals surface area contributed by atoms with Crippen LogP contribution in [0.1, 0.15) is 55.8 Å². The zero-order chi connectivity index (χ0) is 15.5. The Bertz CT molecular complexity index is 569. The molecule has 0 spiro atoms. The molecule has 0 amide bonds. The predicted octanol–water partition coefficient (Wildman–Crippen LogP) is 3.43. The number of rotatable bonds is 5. The molecule has 114 valence electrons. The van der Waals surface area contributed by atoms with E-state index in [1.165, 1.54) is 0 Å². The second-order valence-electron chi connectivity index (χ2n) is 6.27. The normalized spacial score (nSPS) is 13.4. The van der Waals surface area contributed by atoms with Crippen molar-refractivity contribution in [1.82, 2.24) is 20.3 Å². The first-order valence-electron chi connectivity index (χ1n) is 7.37. The molecule has 2 aromatic rings. The number of hydrogen-bond acceptors (Lipinski definition) is 5. The first-order chi connectivity index (χ1) is 9.90. The third-order valence-electron chi connectivity index (χ3n) is 3.31. The summed E-state index contributed by atoms with van der Waals surface area (Å²) in [6, 6.07) is 0.169. The molecule has 2 heterocycles. The van der Waals surface area contributed by atoms with Crippen molar-refractivity contribution in [1.29, 1.82) is 0 Å². The Morgan fingerprint density at radius 1 is 1.24 bits per heavy atom. The molecule has 0 radical (unpaired) electrons. The third kappa shape index (κ3) is 4.32. The molecule has 1 unspecified atom stereocenters. The number of hydrogen-bond donors (Lipinski definition) is 1. The summed E-state index contributed by atoms with van der Waals surface area (Å²) in [5.74, 6) is 0. The highest BCUT2D eigenvalue weighted by atomic mass is 32.1. The summed E-state index contributed by atoms with van der Waals surface area (Å²) >= 11 is 1.73. The molecule has 1 N–H and O–H groups in total. The second kappa shape index (κ2) is 6.62. The van der Waals surface area contributed by atoms with E-state index in [1.54, 1.807) is 11.3 Å². The van der Waals surface area contributed by atoms with Crippen molar-refractivity contribution >= 4 is 11.3 Å². The molecule has 4 nitrogen and oxygen atoms in total. The molecule has 0 saturated heterocycles. The smallest absolute Gasteiger partial charge is 0.0948 e. The minimum Gasteiger partial charge on any atom is -0.309 e. The number of aryl methyl sites for hydroxylation is 1. The van der Waals surface area contributed by atoms with Crippen LogP contribution in [0.4, 0.5) is 0 Å². The number of nitrogens with zero attached hydrogens (tertiary/aromatic N) is 3. The molecular weight excluding hydrogens is 280 g/mol. The van der Waals surface area contributed by atoms with Crippen molar-refractivity contribution in [3.63, 3.8) is 0 Å². The molecule has 0 aliphatic heterocycles. The van der Waals surface area contributed by atoms with Crippen LogP contribution < -0.4 is 5.32 Å². The Labute approximate surface area is 131 Å². The minimum absolute atomic E-state index is 0.103. The fourth-order valence-corrected chi connectivity index (χ4v) is 3.10. The summed E-state index contributed by atoms with van der Waals surface area (Å²) in [4.78, 5) is 13.6. The standard InChI is InChI=1S/C16H24N4S/c1-6-17-12(13-9-18-11(2)8-19-13)7-15-20-14(10-21-15)16(3,4)5/h8-10,12,17H,6-7H2,1-5H3. The molecule has 2 rings (SSSR count). The molecule has 0 saturated carbocycles. The van der Waals surface area contributed by atoms with E-state index in [2.05, 4.69) is 48.4 Å². The molecule has 5 heteroatoms. The van der Waals surface area contributed by atoms with Crippen LogP contribution in [0.15, 0.2) is 17.8 Å². The predicted molar refractivity (Wildman–Crippen MR) is 87.7 cm³/mol. The van der Waals surface area contributed by atoms with Crippen LogP contribution in [-0.4, -0.2) is 21.5 Å². The van der Waals surface area contributed by atoms with Crippen molar-refractivity contribution in [3.05, 3.63) is 39.9 Å². The van der Waals surface area contributed by atoms with E-state index in [1.807, 2.05) is 19.3 Å². The Hall–Kier alpha value is -1.33. The van der Waals surface area contributed by atoms with Gasteiger partial charge in [0.25, 0.3) is 0 Å². The molecular formula is C16H24N4S. The van der Waals surface area contributed by atoms with Crippen molar-refractivity contribution in [2.24, 2.45) is 0 Å². The summed E-state index contributed by atoms with van der Waals surface area (Å²) < 4.78 is 0. The van der Waals surface area contributed by atoms with Crippen LogP contribution in [0.25, 0.3) is 0 Å². The van der Waals surface area contributed by atoms with Gasteiger partial charge < -0.3 is 5.32 Å². The molecule has 0 aromatic carbocycles. The second-order valence-corrected chi connectivity index (χ2v) is 7.22. The topological polar surface area (TPSA) is 50.7 Å². The van der Waals surface area contributed by atoms with Gasteiger partial charge in [-0.25, -0.2) is 4.98 Å². The minimum atomic E-state index is 0.103. The van der Waals surface area contributed by atoms with Crippen LogP contribution in [0.5, 0.6) is 0 Å². The maximum Gasteiger partial charge on any atom is 0.0948 e. The zero-order valence-corrected chi connectivity index (χ0v) is 14.3. The lowest BCUT2D eigenvalue weighted by molar-refractivity contribution is 0.527. The van der Waals surface area contributed by atoms with Crippen molar-refractivity contribution in [3.8, 4) is 0 Å². The van der Waals surface area contributed by atoms with Gasteiger partial charge in [0.2, 0.25) is 0 Å². The molecule has 0 fully saturated rings. The monoisotopic (exact) mass is 304 g/mol. The Morgan fingerprint density at radius 2 is 2.00 bits per heavy atom. The van der Waals surface area contributed by atoms with Gasteiger partial charge in [0, 0.05) is 23.4 Å². The molecule has 0 aliphatic carbocycles. The Kier molecular flexibility index (Phi) is 5.06. The van der Waals surface area contributed by atoms with E-state index in [4.69, 9.17) is 4.98 Å². The van der Waals surface area contributed by atoms with Crippen LogP contribution in [-0.2, 0) is 11.8 Å². The summed E-state index contributed by atoms with van der Waals surface area (Å²) in [5.41, 5.74) is 3.19. The first-order valence-corrected chi connectivity index (χ1v) is 8.25. The third-order valence-corrected chi connectivity index (χ3v) is 4.18. The molecule has 21 heavy (non-hydrogen) atoms. The highest BCUT2D eigenvalue weighted by Crippen LogP contribution is 2.26. The van der Waals surface area contributed by atoms with E-state index in [-0.39, 0.29) is 11.5 Å². The van der Waals surface area contributed by atoms with Gasteiger partial charge in [-0.15, -0.1) is 11.3 Å². The Balaban J connectivity index is 2.16. The first kappa shape index (κ1) is 16.0. The van der Waals surface area contributed by atoms with Crippen LogP contribution >= 0.6 is 11.3 Å². The van der Waals surface area contributed by atoms with Gasteiger partial charge >= 0.3 is 0 Å². The number of thiazole rings is 1. The lowest BCUT2D eigenvalue weighted by atomic mass is 9.93. The van der Waals surface area contributed by atoms with Gasteiger partial charge in [-0.2, -0.15) is 0 Å². The van der Waals surface area contributed by atoms with Gasteiger partial charge in [0.1, 0.15) is 0 Å². The lowest BCUT2D eigenvalue weighted by Gasteiger charge is -2.16. The molecule has 1 atom stereocenters. The molecule has 0 aliphatic rings. The fourth-order valence-electron chi connectivity index (χ4n) is 2.03. The van der Waals surface area contributed by atoms with Crippen LogP contribution in [0.2, 0.25) is 0 Å². The van der Waals surface area contributed by atoms with E-state index in [0.717, 1.165) is 35.1 Å². The number of likely N-dealkylation sites (N-methyl/N-ethyl adjacent to an activating group) is 1. The van der Waals surface area contributed by atoms with E-state index in [9.17, 15) is 0 Å². The summed E-state index contributed by atoms with van der Waals surface area (Å²) in [6.07, 6.45) is 4.54. The fraction of sp³-hybridized carbons (Fsp3) is 0.562. The highest BCUT2D eigenvalue weighted by molar-refractivity contribution is 7.09. The van der Waals surface area contributed by atoms with Crippen molar-refractivity contribution in [2.45, 2.75) is 52.5 Å². The van der Waals surface area contributed by atoms with Gasteiger partial charge in [-0.05, 0) is 13.5 Å². The summed E-state index contributed by atoms with van der Waals surface area (Å²) in [6.45, 7) is 11.5. The van der Waals surface area contributed by atoms with E-state index >= 15 is 0 Å². The van der Waals surface area contributed by atoms with E-state index in [0.29, 0.717) is 0 Å². The van der Waals surface area contributed by atoms with Crippen LogP contribution in [0.3, 0.4) is 0 Å².